The topological polar surface area (TPSA) is 12.5 Å². The van der Waals surface area contributed by atoms with E-state index in [0.717, 1.165) is 19.0 Å². The summed E-state index contributed by atoms with van der Waals surface area (Å²) < 4.78 is 0. The minimum absolute atomic E-state index is 0.522. The van der Waals surface area contributed by atoms with Gasteiger partial charge < -0.3 is 0 Å². The van der Waals surface area contributed by atoms with Gasteiger partial charge in [-0.1, -0.05) is 36.8 Å². The molecule has 0 radical (unpaired) electrons. The smallest absolute Gasteiger partial charge is 0.0834 e. The van der Waals surface area contributed by atoms with Gasteiger partial charge in [-0.15, -0.1) is 0 Å². The molecule has 1 aromatic carbocycles. The second kappa shape index (κ2) is 3.95. The maximum absolute atomic E-state index is 5.92. The summed E-state index contributed by atoms with van der Waals surface area (Å²) in [4.78, 5) is 5.92. The van der Waals surface area contributed by atoms with Crippen LogP contribution < -0.4 is 0 Å². The van der Waals surface area contributed by atoms with Gasteiger partial charge in [0.25, 0.3) is 0 Å². The summed E-state index contributed by atoms with van der Waals surface area (Å²) in [5.74, 6) is 0.800. The van der Waals surface area contributed by atoms with E-state index in [1.165, 1.54) is 24.8 Å². The standard InChI is InChI=1S/C13H17NO/c1-2-5-11(6-3-1)9-14-10-12-7-4-8-13(12)15-14/h1-3,5-6,12-13H,4,7-10H2/t12-,13-/m1/s1. The van der Waals surface area contributed by atoms with Gasteiger partial charge in [-0.2, -0.15) is 5.06 Å². The van der Waals surface area contributed by atoms with Gasteiger partial charge in [0.15, 0.2) is 0 Å². The summed E-state index contributed by atoms with van der Waals surface area (Å²) >= 11 is 0. The Labute approximate surface area is 90.8 Å². The fourth-order valence-electron chi connectivity index (χ4n) is 2.74. The number of hydroxylamine groups is 2. The first-order valence-electron chi connectivity index (χ1n) is 5.87. The molecule has 80 valence electrons. The van der Waals surface area contributed by atoms with E-state index in [1.54, 1.807) is 0 Å². The van der Waals surface area contributed by atoms with E-state index in [1.807, 2.05) is 0 Å². The van der Waals surface area contributed by atoms with Crippen LogP contribution in [0.25, 0.3) is 0 Å². The molecule has 0 bridgehead atoms. The second-order valence-electron chi connectivity index (χ2n) is 4.64. The van der Waals surface area contributed by atoms with E-state index >= 15 is 0 Å². The summed E-state index contributed by atoms with van der Waals surface area (Å²) in [6, 6.07) is 10.6. The third-order valence-corrected chi connectivity index (χ3v) is 3.51. The molecular weight excluding hydrogens is 186 g/mol. The van der Waals surface area contributed by atoms with Gasteiger partial charge in [0, 0.05) is 19.0 Å². The van der Waals surface area contributed by atoms with Gasteiger partial charge in [-0.3, -0.25) is 4.84 Å². The zero-order chi connectivity index (χ0) is 10.1. The Morgan fingerprint density at radius 2 is 2.07 bits per heavy atom. The number of nitrogens with zero attached hydrogens (tertiary/aromatic N) is 1. The molecule has 15 heavy (non-hydrogen) atoms. The lowest BCUT2D eigenvalue weighted by Gasteiger charge is -2.15. The molecule has 3 rings (SSSR count). The Balaban J connectivity index is 1.62. The minimum atomic E-state index is 0.522. The molecule has 0 amide bonds. The van der Waals surface area contributed by atoms with Crippen molar-refractivity contribution in [1.29, 1.82) is 0 Å². The molecule has 1 saturated carbocycles. The SMILES string of the molecule is c1ccc(CN2C[C@H]3CCC[C@H]3O2)cc1. The Bertz CT molecular complexity index is 313. The van der Waals surface area contributed by atoms with Crippen LogP contribution in [0.1, 0.15) is 24.8 Å². The van der Waals surface area contributed by atoms with E-state index in [0.29, 0.717) is 6.10 Å². The van der Waals surface area contributed by atoms with Crippen LogP contribution in [-0.2, 0) is 11.4 Å². The lowest BCUT2D eigenvalue weighted by Crippen LogP contribution is -2.19. The van der Waals surface area contributed by atoms with E-state index in [-0.39, 0.29) is 0 Å². The molecule has 1 saturated heterocycles. The van der Waals surface area contributed by atoms with Crippen molar-refractivity contribution in [3.8, 4) is 0 Å². The molecule has 2 heteroatoms. The maximum atomic E-state index is 5.92. The van der Waals surface area contributed by atoms with Crippen molar-refractivity contribution >= 4 is 0 Å². The fourth-order valence-corrected chi connectivity index (χ4v) is 2.74. The van der Waals surface area contributed by atoms with Crippen molar-refractivity contribution in [3.63, 3.8) is 0 Å². The average molecular weight is 203 g/mol. The number of hydrogen-bond donors (Lipinski definition) is 0. The monoisotopic (exact) mass is 203 g/mol. The van der Waals surface area contributed by atoms with E-state index < -0.39 is 0 Å². The molecule has 1 aromatic rings. The zero-order valence-corrected chi connectivity index (χ0v) is 8.93. The highest BCUT2D eigenvalue weighted by Gasteiger charge is 2.37. The van der Waals surface area contributed by atoms with Gasteiger partial charge in [0.1, 0.15) is 0 Å². The first-order chi connectivity index (χ1) is 7.42. The maximum Gasteiger partial charge on any atom is 0.0834 e. The predicted molar refractivity (Wildman–Crippen MR) is 59.1 cm³/mol. The number of hydrogen-bond acceptors (Lipinski definition) is 2. The Morgan fingerprint density at radius 1 is 1.20 bits per heavy atom. The minimum Gasteiger partial charge on any atom is -0.295 e. The molecule has 0 aromatic heterocycles. The van der Waals surface area contributed by atoms with E-state index in [2.05, 4.69) is 35.4 Å². The third-order valence-electron chi connectivity index (χ3n) is 3.51. The first kappa shape index (κ1) is 9.37. The van der Waals surface area contributed by atoms with Crippen molar-refractivity contribution in [2.45, 2.75) is 31.9 Å². The lowest BCUT2D eigenvalue weighted by atomic mass is 10.1. The van der Waals surface area contributed by atoms with Crippen molar-refractivity contribution < 1.29 is 4.84 Å². The highest BCUT2D eigenvalue weighted by atomic mass is 16.7. The number of rotatable bonds is 2. The van der Waals surface area contributed by atoms with Gasteiger partial charge in [0.2, 0.25) is 0 Å². The summed E-state index contributed by atoms with van der Waals surface area (Å²) in [5, 5.41) is 2.14. The van der Waals surface area contributed by atoms with Gasteiger partial charge in [-0.25, -0.2) is 0 Å². The highest BCUT2D eigenvalue weighted by Crippen LogP contribution is 2.35. The molecule has 0 unspecified atom stereocenters. The number of fused-ring (bicyclic) bond motifs is 1. The van der Waals surface area contributed by atoms with Crippen LogP contribution in [0.15, 0.2) is 30.3 Å². The Morgan fingerprint density at radius 3 is 2.87 bits per heavy atom. The van der Waals surface area contributed by atoms with Crippen molar-refractivity contribution in [2.24, 2.45) is 5.92 Å². The molecule has 2 atom stereocenters. The summed E-state index contributed by atoms with van der Waals surface area (Å²) in [5.41, 5.74) is 1.34. The largest absolute Gasteiger partial charge is 0.295 e. The molecule has 0 spiro atoms. The quantitative estimate of drug-likeness (QED) is 0.732. The molecule has 1 aliphatic heterocycles. The van der Waals surface area contributed by atoms with Gasteiger partial charge in [-0.05, 0) is 18.4 Å². The Kier molecular flexibility index (Phi) is 2.47. The molecule has 1 aliphatic carbocycles. The Hall–Kier alpha value is -0.860. The molecule has 2 nitrogen and oxygen atoms in total. The van der Waals surface area contributed by atoms with Crippen molar-refractivity contribution in [1.82, 2.24) is 5.06 Å². The first-order valence-corrected chi connectivity index (χ1v) is 5.87. The highest BCUT2D eigenvalue weighted by molar-refractivity contribution is 5.14. The van der Waals surface area contributed by atoms with Crippen LogP contribution in [0.4, 0.5) is 0 Å². The molecular formula is C13H17NO. The van der Waals surface area contributed by atoms with E-state index in [9.17, 15) is 0 Å². The predicted octanol–water partition coefficient (Wildman–Crippen LogP) is 2.60. The molecule has 1 heterocycles. The van der Waals surface area contributed by atoms with Crippen LogP contribution in [0, 0.1) is 5.92 Å². The third kappa shape index (κ3) is 1.92. The van der Waals surface area contributed by atoms with Crippen LogP contribution >= 0.6 is 0 Å². The van der Waals surface area contributed by atoms with E-state index in [4.69, 9.17) is 4.84 Å². The average Bonchev–Trinajstić information content (AvgIpc) is 2.79. The molecule has 2 fully saturated rings. The van der Waals surface area contributed by atoms with Crippen molar-refractivity contribution in [2.75, 3.05) is 6.54 Å². The van der Waals surface area contributed by atoms with Gasteiger partial charge >= 0.3 is 0 Å². The van der Waals surface area contributed by atoms with Gasteiger partial charge in [0.05, 0.1) is 6.10 Å². The normalized spacial score (nSPS) is 30.7. The van der Waals surface area contributed by atoms with Crippen LogP contribution in [-0.4, -0.2) is 17.7 Å². The van der Waals surface area contributed by atoms with Crippen LogP contribution in [0.2, 0.25) is 0 Å². The second-order valence-corrected chi connectivity index (χ2v) is 4.64. The summed E-state index contributed by atoms with van der Waals surface area (Å²) in [7, 11) is 0. The fraction of sp³-hybridized carbons (Fsp3) is 0.538. The van der Waals surface area contributed by atoms with Crippen molar-refractivity contribution in [3.05, 3.63) is 35.9 Å². The van der Waals surface area contributed by atoms with Crippen LogP contribution in [0.3, 0.4) is 0 Å². The zero-order valence-electron chi connectivity index (χ0n) is 8.93. The molecule has 0 N–H and O–H groups in total. The number of benzene rings is 1. The summed E-state index contributed by atoms with van der Waals surface area (Å²) in [6.45, 7) is 2.06. The summed E-state index contributed by atoms with van der Waals surface area (Å²) in [6.07, 6.45) is 4.49. The lowest BCUT2D eigenvalue weighted by molar-refractivity contribution is -0.152. The van der Waals surface area contributed by atoms with Crippen LogP contribution in [0.5, 0.6) is 0 Å². The molecule has 2 aliphatic rings.